The number of hydrogen-bond donors (Lipinski definition) is 3. The van der Waals surface area contributed by atoms with Gasteiger partial charge in [-0.05, 0) is 36.4 Å². The fourth-order valence-corrected chi connectivity index (χ4v) is 2.65. The minimum Gasteiger partial charge on any atom is -0.395 e. The van der Waals surface area contributed by atoms with E-state index in [4.69, 9.17) is 5.11 Å². The average Bonchev–Trinajstić information content (AvgIpc) is 2.65. The Hall–Kier alpha value is -2.65. The average molecular weight is 397 g/mol. The third kappa shape index (κ3) is 5.93. The number of amides is 1. The summed E-state index contributed by atoms with van der Waals surface area (Å²) in [5, 5.41) is 11.5. The van der Waals surface area contributed by atoms with Crippen molar-refractivity contribution in [1.29, 1.82) is 0 Å². The molecule has 2 rings (SSSR count). The van der Waals surface area contributed by atoms with E-state index in [2.05, 4.69) is 10.3 Å². The summed E-state index contributed by atoms with van der Waals surface area (Å²) in [5.74, 6) is -0.673. The van der Waals surface area contributed by atoms with Crippen LogP contribution in [0.5, 0.6) is 0 Å². The lowest BCUT2D eigenvalue weighted by Gasteiger charge is -2.18. The van der Waals surface area contributed by atoms with Crippen molar-refractivity contribution in [3.05, 3.63) is 69.1 Å². The van der Waals surface area contributed by atoms with Crippen molar-refractivity contribution >= 4 is 5.91 Å². The molecule has 0 aliphatic heterocycles. The first kappa shape index (κ1) is 21.6. The topological polar surface area (TPSA) is 85.4 Å². The first-order valence-electron chi connectivity index (χ1n) is 8.74. The third-order valence-electron chi connectivity index (χ3n) is 4.18. The summed E-state index contributed by atoms with van der Waals surface area (Å²) < 4.78 is 38.2. The van der Waals surface area contributed by atoms with E-state index in [-0.39, 0.29) is 24.3 Å². The second-order valence-electron chi connectivity index (χ2n) is 6.20. The number of rotatable bonds is 8. The maximum Gasteiger partial charge on any atom is 0.416 e. The van der Waals surface area contributed by atoms with Gasteiger partial charge in [-0.3, -0.25) is 14.5 Å². The molecule has 0 aliphatic rings. The molecule has 152 valence electrons. The zero-order chi connectivity index (χ0) is 20.7. The molecule has 28 heavy (non-hydrogen) atoms. The number of benzene rings is 1. The van der Waals surface area contributed by atoms with Crippen LogP contribution < -0.4 is 10.9 Å². The van der Waals surface area contributed by atoms with Gasteiger partial charge < -0.3 is 15.4 Å². The number of nitrogens with zero attached hydrogens (tertiary/aromatic N) is 1. The van der Waals surface area contributed by atoms with Crippen molar-refractivity contribution in [3.8, 4) is 0 Å². The molecule has 0 unspecified atom stereocenters. The van der Waals surface area contributed by atoms with Crippen LogP contribution in [0.15, 0.2) is 41.2 Å². The molecule has 1 aromatic carbocycles. The fraction of sp³-hybridized carbons (Fsp3) is 0.368. The van der Waals surface area contributed by atoms with Gasteiger partial charge in [0.15, 0.2) is 0 Å². The van der Waals surface area contributed by atoms with Gasteiger partial charge in [0.05, 0.1) is 12.2 Å². The predicted octanol–water partition coefficient (Wildman–Crippen LogP) is 2.14. The van der Waals surface area contributed by atoms with E-state index in [0.29, 0.717) is 25.3 Å². The summed E-state index contributed by atoms with van der Waals surface area (Å²) in [6.07, 6.45) is -4.46. The number of carbonyl (C=O) groups excluding carboxylic acids is 1. The highest BCUT2D eigenvalue weighted by atomic mass is 19.4. The highest BCUT2D eigenvalue weighted by Crippen LogP contribution is 2.29. The Kier molecular flexibility index (Phi) is 7.36. The van der Waals surface area contributed by atoms with Gasteiger partial charge in [-0.1, -0.05) is 19.1 Å². The molecule has 0 fully saturated rings. The number of hydrogen-bond acceptors (Lipinski definition) is 4. The van der Waals surface area contributed by atoms with Gasteiger partial charge >= 0.3 is 6.18 Å². The first-order valence-corrected chi connectivity index (χ1v) is 8.74. The molecule has 0 saturated heterocycles. The lowest BCUT2D eigenvalue weighted by Crippen LogP contribution is -2.31. The quantitative estimate of drug-likeness (QED) is 0.637. The van der Waals surface area contributed by atoms with Gasteiger partial charge in [-0.2, -0.15) is 13.2 Å². The molecule has 1 aromatic heterocycles. The molecule has 0 bridgehead atoms. The molecular weight excluding hydrogens is 375 g/mol. The second-order valence-corrected chi connectivity index (χ2v) is 6.20. The smallest absolute Gasteiger partial charge is 0.395 e. The normalized spacial score (nSPS) is 11.6. The lowest BCUT2D eigenvalue weighted by atomic mass is 10.1. The summed E-state index contributed by atoms with van der Waals surface area (Å²) in [4.78, 5) is 28.9. The number of likely N-dealkylation sites (N-methyl/N-ethyl adjacent to an activating group) is 1. The van der Waals surface area contributed by atoms with Crippen molar-refractivity contribution in [1.82, 2.24) is 15.2 Å². The minimum atomic E-state index is -4.46. The Morgan fingerprint density at radius 1 is 1.25 bits per heavy atom. The fourth-order valence-electron chi connectivity index (χ4n) is 2.65. The highest BCUT2D eigenvalue weighted by molar-refractivity contribution is 5.93. The Morgan fingerprint density at radius 2 is 2.00 bits per heavy atom. The van der Waals surface area contributed by atoms with Crippen LogP contribution in [0.1, 0.15) is 34.1 Å². The minimum absolute atomic E-state index is 0.00585. The number of aliphatic hydroxyl groups is 1. The van der Waals surface area contributed by atoms with Crippen molar-refractivity contribution in [2.45, 2.75) is 26.2 Å². The van der Waals surface area contributed by atoms with E-state index in [1.165, 1.54) is 18.2 Å². The maximum atomic E-state index is 12.7. The molecular formula is C19H22F3N3O3. The van der Waals surface area contributed by atoms with E-state index in [1.54, 1.807) is 6.07 Å². The Morgan fingerprint density at radius 3 is 2.61 bits per heavy atom. The lowest BCUT2D eigenvalue weighted by molar-refractivity contribution is -0.137. The standard InChI is InChI=1S/C19H22F3N3O3/c1-2-25(8-9-26)12-15-6-7-16(18(28)24-15)17(27)23-11-13-4-3-5-14(10-13)19(20,21)22/h3-7,10,26H,2,8-9,11-12H2,1H3,(H,23,27)(H,24,28). The molecule has 6 nitrogen and oxygen atoms in total. The van der Waals surface area contributed by atoms with Gasteiger partial charge in [-0.25, -0.2) is 0 Å². The number of pyridine rings is 1. The number of halogens is 3. The van der Waals surface area contributed by atoms with Crippen LogP contribution in [-0.2, 0) is 19.3 Å². The number of aliphatic hydroxyl groups excluding tert-OH is 1. The van der Waals surface area contributed by atoms with Crippen molar-refractivity contribution in [3.63, 3.8) is 0 Å². The molecule has 0 spiro atoms. The van der Waals surface area contributed by atoms with Crippen molar-refractivity contribution in [2.75, 3.05) is 19.7 Å². The Bertz CT molecular complexity index is 865. The van der Waals surface area contributed by atoms with Crippen molar-refractivity contribution in [2.24, 2.45) is 0 Å². The van der Waals surface area contributed by atoms with E-state index >= 15 is 0 Å². The Labute approximate surface area is 160 Å². The summed E-state index contributed by atoms with van der Waals surface area (Å²) in [6, 6.07) is 7.60. The molecule has 3 N–H and O–H groups in total. The van der Waals surface area contributed by atoms with Crippen LogP contribution in [-0.4, -0.2) is 40.6 Å². The molecule has 1 heterocycles. The van der Waals surface area contributed by atoms with E-state index in [0.717, 1.165) is 12.1 Å². The first-order chi connectivity index (χ1) is 13.2. The van der Waals surface area contributed by atoms with Gasteiger partial charge in [0.1, 0.15) is 5.56 Å². The molecule has 9 heteroatoms. The molecule has 0 radical (unpaired) electrons. The molecule has 0 saturated carbocycles. The molecule has 2 aromatic rings. The van der Waals surface area contributed by atoms with Crippen LogP contribution >= 0.6 is 0 Å². The van der Waals surface area contributed by atoms with Gasteiger partial charge in [0.25, 0.3) is 11.5 Å². The van der Waals surface area contributed by atoms with Gasteiger partial charge in [0.2, 0.25) is 0 Å². The van der Waals surface area contributed by atoms with Crippen LogP contribution in [0.2, 0.25) is 0 Å². The second kappa shape index (κ2) is 9.52. The number of nitrogens with one attached hydrogen (secondary N) is 2. The van der Waals surface area contributed by atoms with E-state index < -0.39 is 23.2 Å². The zero-order valence-corrected chi connectivity index (χ0v) is 15.3. The van der Waals surface area contributed by atoms with Crippen LogP contribution in [0.3, 0.4) is 0 Å². The number of aromatic amines is 1. The van der Waals surface area contributed by atoms with Gasteiger partial charge in [-0.15, -0.1) is 0 Å². The van der Waals surface area contributed by atoms with E-state index in [9.17, 15) is 22.8 Å². The largest absolute Gasteiger partial charge is 0.416 e. The van der Waals surface area contributed by atoms with Crippen LogP contribution in [0, 0.1) is 0 Å². The zero-order valence-electron chi connectivity index (χ0n) is 15.3. The van der Waals surface area contributed by atoms with Crippen molar-refractivity contribution < 1.29 is 23.1 Å². The molecule has 0 aliphatic carbocycles. The highest BCUT2D eigenvalue weighted by Gasteiger charge is 2.30. The number of aromatic nitrogens is 1. The van der Waals surface area contributed by atoms with Gasteiger partial charge in [0, 0.05) is 25.3 Å². The van der Waals surface area contributed by atoms with Crippen LogP contribution in [0.25, 0.3) is 0 Å². The number of carbonyl (C=O) groups is 1. The van der Waals surface area contributed by atoms with Crippen LogP contribution in [0.4, 0.5) is 13.2 Å². The summed E-state index contributed by atoms with van der Waals surface area (Å²) in [5.41, 5.74) is -0.640. The monoisotopic (exact) mass is 397 g/mol. The van der Waals surface area contributed by atoms with E-state index in [1.807, 2.05) is 11.8 Å². The predicted molar refractivity (Wildman–Crippen MR) is 97.7 cm³/mol. The SMILES string of the molecule is CCN(CCO)Cc1ccc(C(=O)NCc2cccc(C(F)(F)F)c2)c(=O)[nH]1. The summed E-state index contributed by atoms with van der Waals surface area (Å²) in [6.45, 7) is 3.33. The number of H-pyrrole nitrogens is 1. The third-order valence-corrected chi connectivity index (χ3v) is 4.18. The number of alkyl halides is 3. The molecule has 1 amide bonds. The molecule has 0 atom stereocenters. The summed E-state index contributed by atoms with van der Waals surface area (Å²) >= 11 is 0. The summed E-state index contributed by atoms with van der Waals surface area (Å²) in [7, 11) is 0. The Balaban J connectivity index is 2.04. The maximum absolute atomic E-state index is 12.7.